The zero-order valence-corrected chi connectivity index (χ0v) is 25.5. The van der Waals surface area contributed by atoms with Crippen molar-refractivity contribution in [1.82, 2.24) is 10.7 Å². The Kier molecular flexibility index (Phi) is 10.7. The summed E-state index contributed by atoms with van der Waals surface area (Å²) >= 11 is 0. The van der Waals surface area contributed by atoms with Gasteiger partial charge in [-0.15, -0.1) is 0 Å². The predicted molar refractivity (Wildman–Crippen MR) is 169 cm³/mol. The minimum Gasteiger partial charge on any atom is -0.495 e. The van der Waals surface area contributed by atoms with E-state index in [1.165, 1.54) is 25.5 Å². The minimum atomic E-state index is -4.13. The average Bonchev–Trinajstić information content (AvgIpc) is 3.03. The number of benzene rings is 4. The van der Waals surface area contributed by atoms with Gasteiger partial charge in [0.1, 0.15) is 18.0 Å². The Balaban J connectivity index is 1.37. The molecule has 44 heavy (non-hydrogen) atoms. The van der Waals surface area contributed by atoms with Crippen LogP contribution in [0.5, 0.6) is 11.5 Å². The number of nitrogens with one attached hydrogen (secondary N) is 2. The number of sulfonamides is 1. The molecule has 0 saturated heterocycles. The fraction of sp³-hybridized carbons (Fsp3) is 0.182. The molecule has 2 N–H and O–H groups in total. The van der Waals surface area contributed by atoms with Crippen LogP contribution in [0, 0.1) is 13.8 Å². The standard InChI is InChI=1S/C33H34N4O6S/c1-24-9-16-29(17-10-24)44(40,41)37(30-19-25(2)11-18-31(30)42-3)22-32(38)36-35-21-27-12-14-28(15-13-27)43-23-33(39)34-20-26-7-5-4-6-8-26/h4-19,21H,20,22-23H2,1-3H3,(H,34,39)(H,36,38)/b35-21-. The van der Waals surface area contributed by atoms with Crippen LogP contribution in [-0.2, 0) is 26.2 Å². The summed E-state index contributed by atoms with van der Waals surface area (Å²) < 4.78 is 39.4. The third-order valence-electron chi connectivity index (χ3n) is 6.48. The molecule has 4 aromatic carbocycles. The van der Waals surface area contributed by atoms with Gasteiger partial charge in [-0.05, 0) is 79.1 Å². The molecule has 0 unspecified atom stereocenters. The highest BCUT2D eigenvalue weighted by Gasteiger charge is 2.29. The summed E-state index contributed by atoms with van der Waals surface area (Å²) in [6.45, 7) is 3.42. The molecule has 4 rings (SSSR count). The maximum atomic E-state index is 13.7. The average molecular weight is 615 g/mol. The van der Waals surface area contributed by atoms with Gasteiger partial charge in [-0.25, -0.2) is 13.8 Å². The fourth-order valence-electron chi connectivity index (χ4n) is 4.12. The quantitative estimate of drug-likeness (QED) is 0.170. The molecule has 4 aromatic rings. The van der Waals surface area contributed by atoms with E-state index in [2.05, 4.69) is 15.8 Å². The van der Waals surface area contributed by atoms with E-state index in [4.69, 9.17) is 9.47 Å². The maximum Gasteiger partial charge on any atom is 0.264 e. The van der Waals surface area contributed by atoms with Crippen molar-refractivity contribution in [2.45, 2.75) is 25.3 Å². The molecular weight excluding hydrogens is 580 g/mol. The van der Waals surface area contributed by atoms with Gasteiger partial charge in [0.25, 0.3) is 21.8 Å². The monoisotopic (exact) mass is 614 g/mol. The molecular formula is C33H34N4O6S. The molecule has 0 radical (unpaired) electrons. The first-order chi connectivity index (χ1) is 21.2. The molecule has 0 heterocycles. The third kappa shape index (κ3) is 8.68. The van der Waals surface area contributed by atoms with Crippen molar-refractivity contribution in [2.24, 2.45) is 5.10 Å². The molecule has 11 heteroatoms. The van der Waals surface area contributed by atoms with Crippen LogP contribution in [0.25, 0.3) is 0 Å². The van der Waals surface area contributed by atoms with Crippen molar-refractivity contribution < 1.29 is 27.5 Å². The largest absolute Gasteiger partial charge is 0.495 e. The lowest BCUT2D eigenvalue weighted by Gasteiger charge is -2.25. The van der Waals surface area contributed by atoms with Gasteiger partial charge in [0, 0.05) is 6.54 Å². The molecule has 0 bridgehead atoms. The summed E-state index contributed by atoms with van der Waals surface area (Å²) in [5.74, 6) is -0.102. The molecule has 10 nitrogen and oxygen atoms in total. The van der Waals surface area contributed by atoms with E-state index >= 15 is 0 Å². The molecule has 2 amide bonds. The molecule has 0 spiro atoms. The Labute approximate surface area is 257 Å². The van der Waals surface area contributed by atoms with Crippen molar-refractivity contribution in [3.05, 3.63) is 119 Å². The topological polar surface area (TPSA) is 126 Å². The molecule has 0 aliphatic heterocycles. The normalized spacial score (nSPS) is 11.2. The van der Waals surface area contributed by atoms with Crippen molar-refractivity contribution in [1.29, 1.82) is 0 Å². The van der Waals surface area contributed by atoms with Crippen molar-refractivity contribution in [2.75, 3.05) is 24.6 Å². The molecule has 228 valence electrons. The molecule has 0 atom stereocenters. The van der Waals surface area contributed by atoms with Crippen LogP contribution < -0.4 is 24.5 Å². The first kappa shape index (κ1) is 31.8. The van der Waals surface area contributed by atoms with Crippen molar-refractivity contribution >= 4 is 33.7 Å². The maximum absolute atomic E-state index is 13.7. The second-order valence-corrected chi connectivity index (χ2v) is 11.8. The lowest BCUT2D eigenvalue weighted by Crippen LogP contribution is -2.39. The number of nitrogens with zero attached hydrogens (tertiary/aromatic N) is 2. The van der Waals surface area contributed by atoms with Gasteiger partial charge >= 0.3 is 0 Å². The Morgan fingerprint density at radius 2 is 1.55 bits per heavy atom. The summed E-state index contributed by atoms with van der Waals surface area (Å²) in [4.78, 5) is 25.1. The van der Waals surface area contributed by atoms with Crippen LogP contribution in [0.15, 0.2) is 107 Å². The summed E-state index contributed by atoms with van der Waals surface area (Å²) in [7, 11) is -2.69. The minimum absolute atomic E-state index is 0.0407. The number of methoxy groups -OCH3 is 1. The number of ether oxygens (including phenoxy) is 2. The number of hydrogen-bond acceptors (Lipinski definition) is 7. The van der Waals surface area contributed by atoms with Gasteiger partial charge in [-0.2, -0.15) is 5.10 Å². The Morgan fingerprint density at radius 3 is 2.23 bits per heavy atom. The smallest absolute Gasteiger partial charge is 0.264 e. The number of amides is 2. The molecule has 0 saturated carbocycles. The fourth-order valence-corrected chi connectivity index (χ4v) is 5.55. The SMILES string of the molecule is COc1ccc(C)cc1N(CC(=O)N/N=C\c1ccc(OCC(=O)NCc2ccccc2)cc1)S(=O)(=O)c1ccc(C)cc1. The van der Waals surface area contributed by atoms with Crippen LogP contribution in [0.4, 0.5) is 5.69 Å². The summed E-state index contributed by atoms with van der Waals surface area (Å²) in [5.41, 5.74) is 5.97. The van der Waals surface area contributed by atoms with Crippen molar-refractivity contribution in [3.8, 4) is 11.5 Å². The van der Waals surface area contributed by atoms with Crippen LogP contribution in [0.1, 0.15) is 22.3 Å². The highest BCUT2D eigenvalue weighted by Crippen LogP contribution is 2.33. The number of carbonyl (C=O) groups excluding carboxylic acids is 2. The van der Waals surface area contributed by atoms with E-state index in [0.29, 0.717) is 23.6 Å². The number of carbonyl (C=O) groups is 2. The number of hydrazone groups is 1. The first-order valence-electron chi connectivity index (χ1n) is 13.7. The van der Waals surface area contributed by atoms with E-state index < -0.39 is 22.5 Å². The number of hydrogen-bond donors (Lipinski definition) is 2. The molecule has 0 fully saturated rings. The summed E-state index contributed by atoms with van der Waals surface area (Å²) in [5, 5.41) is 6.79. The Bertz CT molecular complexity index is 1710. The van der Waals surface area contributed by atoms with Crippen LogP contribution in [0.2, 0.25) is 0 Å². The Hall–Kier alpha value is -5.16. The third-order valence-corrected chi connectivity index (χ3v) is 8.26. The van der Waals surface area contributed by atoms with Gasteiger partial charge in [-0.1, -0.05) is 54.1 Å². The van der Waals surface area contributed by atoms with Crippen LogP contribution >= 0.6 is 0 Å². The van der Waals surface area contributed by atoms with Gasteiger partial charge in [0.15, 0.2) is 6.61 Å². The zero-order valence-electron chi connectivity index (χ0n) is 24.7. The van der Waals surface area contributed by atoms with E-state index in [9.17, 15) is 18.0 Å². The van der Waals surface area contributed by atoms with Gasteiger partial charge < -0.3 is 14.8 Å². The molecule has 0 aliphatic carbocycles. The number of anilines is 1. The van der Waals surface area contributed by atoms with Crippen LogP contribution in [-0.4, -0.2) is 46.7 Å². The van der Waals surface area contributed by atoms with Gasteiger partial charge in [0.2, 0.25) is 0 Å². The van der Waals surface area contributed by atoms with Gasteiger partial charge in [0.05, 0.1) is 23.9 Å². The van der Waals surface area contributed by atoms with Crippen molar-refractivity contribution in [3.63, 3.8) is 0 Å². The lowest BCUT2D eigenvalue weighted by molar-refractivity contribution is -0.123. The lowest BCUT2D eigenvalue weighted by atomic mass is 10.2. The highest BCUT2D eigenvalue weighted by molar-refractivity contribution is 7.92. The molecule has 0 aromatic heterocycles. The highest BCUT2D eigenvalue weighted by atomic mass is 32.2. The summed E-state index contributed by atoms with van der Waals surface area (Å²) in [6.07, 6.45) is 1.42. The van der Waals surface area contributed by atoms with E-state index in [1.54, 1.807) is 54.6 Å². The summed E-state index contributed by atoms with van der Waals surface area (Å²) in [6, 6.07) is 27.8. The first-order valence-corrected chi connectivity index (χ1v) is 15.2. The van der Waals surface area contributed by atoms with E-state index in [0.717, 1.165) is 21.0 Å². The van der Waals surface area contributed by atoms with Crippen LogP contribution in [0.3, 0.4) is 0 Å². The number of aryl methyl sites for hydroxylation is 2. The van der Waals surface area contributed by atoms with E-state index in [1.807, 2.05) is 44.2 Å². The predicted octanol–water partition coefficient (Wildman–Crippen LogP) is 4.35. The zero-order chi connectivity index (χ0) is 31.5. The molecule has 0 aliphatic rings. The van der Waals surface area contributed by atoms with E-state index in [-0.39, 0.29) is 23.1 Å². The Morgan fingerprint density at radius 1 is 0.864 bits per heavy atom. The second-order valence-electron chi connectivity index (χ2n) is 9.91. The van der Waals surface area contributed by atoms with Gasteiger partial charge in [-0.3, -0.25) is 13.9 Å². The second kappa shape index (κ2) is 14.8. The number of rotatable bonds is 13.